The van der Waals surface area contributed by atoms with E-state index in [0.717, 1.165) is 40.5 Å². The molecule has 0 spiro atoms. The highest BCUT2D eigenvalue weighted by Gasteiger charge is 2.09. The van der Waals surface area contributed by atoms with Crippen LogP contribution in [-0.4, -0.2) is 37.2 Å². The van der Waals surface area contributed by atoms with E-state index in [1.807, 2.05) is 38.1 Å². The van der Waals surface area contributed by atoms with Gasteiger partial charge in [0, 0.05) is 48.2 Å². The molecule has 0 atom stereocenters. The third-order valence-electron chi connectivity index (χ3n) is 4.62. The van der Waals surface area contributed by atoms with Gasteiger partial charge in [-0.2, -0.15) is 5.10 Å². The molecular formula is C22H22N6OS. The number of hydrogen-bond acceptors (Lipinski definition) is 6. The zero-order chi connectivity index (χ0) is 20.9. The fraction of sp³-hybridized carbons (Fsp3) is 0.227. The summed E-state index contributed by atoms with van der Waals surface area (Å²) in [5.74, 6) is 0.574. The summed E-state index contributed by atoms with van der Waals surface area (Å²) in [6, 6.07) is 9.48. The number of aromatic nitrogens is 5. The molecule has 0 aliphatic rings. The minimum Gasteiger partial charge on any atom is -0.352 e. The third-order valence-corrected chi connectivity index (χ3v) is 5.53. The highest BCUT2D eigenvalue weighted by Crippen LogP contribution is 2.21. The maximum Gasteiger partial charge on any atom is 0.252 e. The number of nitrogens with zero attached hydrogens (tertiary/aromatic N) is 5. The van der Waals surface area contributed by atoms with Crippen LogP contribution in [-0.2, 0) is 6.42 Å². The molecule has 1 N–H and O–H groups in total. The second-order valence-electron chi connectivity index (χ2n) is 6.97. The standard InChI is InChI=1S/C22H22N6OS/c1-15-12-16(2)28(27-15)20-6-5-18(13-25-20)22(29)24-9-3-4-21-26-19(14-30-21)17-7-10-23-11-8-17/h5-8,10-14H,3-4,9H2,1-2H3,(H,24,29). The first-order valence-corrected chi connectivity index (χ1v) is 10.6. The first-order chi connectivity index (χ1) is 14.6. The van der Waals surface area contributed by atoms with Crippen LogP contribution >= 0.6 is 11.3 Å². The SMILES string of the molecule is Cc1cc(C)n(-c2ccc(C(=O)NCCCc3nc(-c4ccncc4)cs3)cn2)n1. The number of carbonyl (C=O) groups excluding carboxylic acids is 1. The monoisotopic (exact) mass is 418 g/mol. The Bertz CT molecular complexity index is 1130. The van der Waals surface area contributed by atoms with E-state index in [1.165, 1.54) is 0 Å². The van der Waals surface area contributed by atoms with Gasteiger partial charge in [-0.3, -0.25) is 9.78 Å². The molecule has 0 saturated heterocycles. The minimum absolute atomic E-state index is 0.126. The van der Waals surface area contributed by atoms with Gasteiger partial charge in [0.05, 0.1) is 22.0 Å². The molecule has 4 rings (SSSR count). The van der Waals surface area contributed by atoms with Crippen LogP contribution in [0.5, 0.6) is 0 Å². The third kappa shape index (κ3) is 4.60. The zero-order valence-corrected chi connectivity index (χ0v) is 17.7. The lowest BCUT2D eigenvalue weighted by Gasteiger charge is -2.06. The second kappa shape index (κ2) is 8.96. The van der Waals surface area contributed by atoms with Crippen molar-refractivity contribution in [3.8, 4) is 17.1 Å². The van der Waals surface area contributed by atoms with E-state index in [4.69, 9.17) is 0 Å². The molecule has 4 aromatic rings. The summed E-state index contributed by atoms with van der Waals surface area (Å²) in [6.45, 7) is 4.50. The predicted molar refractivity (Wildman–Crippen MR) is 117 cm³/mol. The Balaban J connectivity index is 1.27. The Morgan fingerprint density at radius 3 is 2.70 bits per heavy atom. The van der Waals surface area contributed by atoms with Gasteiger partial charge in [-0.25, -0.2) is 14.6 Å². The van der Waals surface area contributed by atoms with Crippen molar-refractivity contribution < 1.29 is 4.79 Å². The Morgan fingerprint density at radius 2 is 2.00 bits per heavy atom. The largest absolute Gasteiger partial charge is 0.352 e. The van der Waals surface area contributed by atoms with Crippen molar-refractivity contribution in [3.63, 3.8) is 0 Å². The van der Waals surface area contributed by atoms with Gasteiger partial charge < -0.3 is 5.32 Å². The van der Waals surface area contributed by atoms with E-state index in [9.17, 15) is 4.79 Å². The van der Waals surface area contributed by atoms with Gasteiger partial charge in [0.1, 0.15) is 0 Å². The summed E-state index contributed by atoms with van der Waals surface area (Å²) in [7, 11) is 0. The first-order valence-electron chi connectivity index (χ1n) is 9.73. The smallest absolute Gasteiger partial charge is 0.252 e. The molecule has 4 heterocycles. The topological polar surface area (TPSA) is 85.6 Å². The number of amides is 1. The molecule has 8 heteroatoms. The Kier molecular flexibility index (Phi) is 5.94. The molecule has 7 nitrogen and oxygen atoms in total. The molecular weight excluding hydrogens is 396 g/mol. The van der Waals surface area contributed by atoms with E-state index in [0.29, 0.717) is 17.9 Å². The Morgan fingerprint density at radius 1 is 1.17 bits per heavy atom. The second-order valence-corrected chi connectivity index (χ2v) is 7.91. The number of thiazole rings is 1. The van der Waals surface area contributed by atoms with E-state index in [2.05, 4.69) is 30.7 Å². The number of carbonyl (C=O) groups is 1. The van der Waals surface area contributed by atoms with Crippen molar-refractivity contribution in [1.29, 1.82) is 0 Å². The average Bonchev–Trinajstić information content (AvgIpc) is 3.38. The lowest BCUT2D eigenvalue weighted by atomic mass is 10.2. The molecule has 30 heavy (non-hydrogen) atoms. The van der Waals surface area contributed by atoms with Gasteiger partial charge in [0.25, 0.3) is 5.91 Å². The lowest BCUT2D eigenvalue weighted by molar-refractivity contribution is 0.0953. The van der Waals surface area contributed by atoms with Gasteiger partial charge in [0.15, 0.2) is 5.82 Å². The molecule has 0 aliphatic carbocycles. The van der Waals surface area contributed by atoms with Gasteiger partial charge in [-0.1, -0.05) is 0 Å². The van der Waals surface area contributed by atoms with E-state index >= 15 is 0 Å². The van der Waals surface area contributed by atoms with Crippen molar-refractivity contribution in [2.75, 3.05) is 6.54 Å². The molecule has 4 aromatic heterocycles. The summed E-state index contributed by atoms with van der Waals surface area (Å²) < 4.78 is 1.77. The van der Waals surface area contributed by atoms with Crippen LogP contribution in [0.15, 0.2) is 54.3 Å². The molecule has 0 aromatic carbocycles. The van der Waals surface area contributed by atoms with Crippen molar-refractivity contribution in [3.05, 3.63) is 76.3 Å². The van der Waals surface area contributed by atoms with Crippen LogP contribution in [0.2, 0.25) is 0 Å². The van der Waals surface area contributed by atoms with E-state index in [-0.39, 0.29) is 5.91 Å². The quantitative estimate of drug-likeness (QED) is 0.462. The fourth-order valence-electron chi connectivity index (χ4n) is 3.13. The van der Waals surface area contributed by atoms with Crippen molar-refractivity contribution in [2.24, 2.45) is 0 Å². The van der Waals surface area contributed by atoms with Crippen molar-refractivity contribution in [1.82, 2.24) is 30.0 Å². The predicted octanol–water partition coefficient (Wildman–Crippen LogP) is 3.77. The molecule has 0 aliphatic heterocycles. The molecule has 0 saturated carbocycles. The molecule has 1 amide bonds. The minimum atomic E-state index is -0.126. The van der Waals surface area contributed by atoms with Crippen molar-refractivity contribution >= 4 is 17.2 Å². The Hall–Kier alpha value is -3.39. The van der Waals surface area contributed by atoms with Gasteiger partial charge in [-0.05, 0) is 50.6 Å². The van der Waals surface area contributed by atoms with Crippen LogP contribution < -0.4 is 5.32 Å². The van der Waals surface area contributed by atoms with Crippen LogP contribution in [0.1, 0.15) is 33.2 Å². The zero-order valence-electron chi connectivity index (χ0n) is 16.9. The molecule has 0 bridgehead atoms. The molecule has 0 fully saturated rings. The lowest BCUT2D eigenvalue weighted by Crippen LogP contribution is -2.25. The van der Waals surface area contributed by atoms with Crippen LogP contribution in [0.3, 0.4) is 0 Å². The summed E-state index contributed by atoms with van der Waals surface area (Å²) >= 11 is 1.64. The Labute approximate surface area is 178 Å². The number of pyridine rings is 2. The molecule has 152 valence electrons. The van der Waals surface area contributed by atoms with Gasteiger partial charge in [-0.15, -0.1) is 11.3 Å². The summed E-state index contributed by atoms with van der Waals surface area (Å²) in [5, 5.41) is 10.5. The summed E-state index contributed by atoms with van der Waals surface area (Å²) in [5.41, 5.74) is 4.51. The summed E-state index contributed by atoms with van der Waals surface area (Å²) in [4.78, 5) is 25.4. The van der Waals surface area contributed by atoms with Crippen LogP contribution in [0.4, 0.5) is 0 Å². The van der Waals surface area contributed by atoms with Crippen LogP contribution in [0.25, 0.3) is 17.1 Å². The first kappa shape index (κ1) is 19.9. The highest BCUT2D eigenvalue weighted by molar-refractivity contribution is 7.09. The number of hydrogen-bond donors (Lipinski definition) is 1. The number of nitrogens with one attached hydrogen (secondary N) is 1. The summed E-state index contributed by atoms with van der Waals surface area (Å²) in [6.07, 6.45) is 6.77. The highest BCUT2D eigenvalue weighted by atomic mass is 32.1. The fourth-order valence-corrected chi connectivity index (χ4v) is 3.98. The molecule has 0 radical (unpaired) electrons. The van der Waals surface area contributed by atoms with Crippen molar-refractivity contribution in [2.45, 2.75) is 26.7 Å². The van der Waals surface area contributed by atoms with Gasteiger partial charge >= 0.3 is 0 Å². The van der Waals surface area contributed by atoms with Crippen LogP contribution in [0, 0.1) is 13.8 Å². The maximum atomic E-state index is 12.4. The maximum absolute atomic E-state index is 12.4. The van der Waals surface area contributed by atoms with Gasteiger partial charge in [0.2, 0.25) is 0 Å². The van der Waals surface area contributed by atoms with E-state index < -0.39 is 0 Å². The number of rotatable bonds is 7. The average molecular weight is 419 g/mol. The molecule has 0 unspecified atom stereocenters. The van der Waals surface area contributed by atoms with E-state index in [1.54, 1.807) is 40.7 Å². The number of aryl methyl sites for hydroxylation is 3. The normalized spacial score (nSPS) is 10.9.